The molecule has 156 valence electrons. The fourth-order valence-electron chi connectivity index (χ4n) is 4.33. The van der Waals surface area contributed by atoms with Gasteiger partial charge in [0.25, 0.3) is 0 Å². The number of ether oxygens (including phenoxy) is 1. The van der Waals surface area contributed by atoms with Gasteiger partial charge in [-0.3, -0.25) is 9.36 Å². The van der Waals surface area contributed by atoms with E-state index < -0.39 is 21.2 Å². The molecule has 1 fully saturated rings. The molecule has 0 bridgehead atoms. The Balaban J connectivity index is 1.53. The highest BCUT2D eigenvalue weighted by Crippen LogP contribution is 2.46. The van der Waals surface area contributed by atoms with Gasteiger partial charge in [-0.1, -0.05) is 0 Å². The zero-order valence-corrected chi connectivity index (χ0v) is 17.2. The van der Waals surface area contributed by atoms with Gasteiger partial charge in [-0.25, -0.2) is 13.2 Å². The number of methoxy groups -OCH3 is 1. The van der Waals surface area contributed by atoms with E-state index in [1.54, 1.807) is 38.4 Å². The molecule has 0 aliphatic carbocycles. The lowest BCUT2D eigenvalue weighted by Crippen LogP contribution is -2.39. The number of hydrogen-bond donors (Lipinski definition) is 1. The van der Waals surface area contributed by atoms with E-state index in [1.165, 1.54) is 21.0 Å². The van der Waals surface area contributed by atoms with Crippen LogP contribution in [0.4, 0.5) is 5.69 Å². The third-order valence-electron chi connectivity index (χ3n) is 6.06. The molecular weight excluding hydrogens is 410 g/mol. The molecular formula is C20H19N3O6S. The molecule has 1 amide bonds. The number of oxazole rings is 1. The lowest BCUT2D eigenvalue weighted by molar-refractivity contribution is -0.120. The third kappa shape index (κ3) is 2.47. The number of anilines is 1. The number of carbonyl (C=O) groups excluding carboxylic acids is 1. The standard InChI is InChI=1S/C20H19N3O6S/c1-22-16-6-4-13(10-17(16)29-19(22)25)30(26,27)23-8-7-20(11-23)14-9-12(28-2)3-5-15(14)21-18(20)24/h3-6,9-10H,7-8,11H2,1-2H3,(H,21,24)/t20-/m0/s1. The molecule has 0 saturated carbocycles. The fraction of sp³-hybridized carbons (Fsp3) is 0.300. The molecule has 2 aliphatic heterocycles. The van der Waals surface area contributed by atoms with Crippen molar-refractivity contribution in [2.24, 2.45) is 7.05 Å². The van der Waals surface area contributed by atoms with Crippen molar-refractivity contribution in [1.29, 1.82) is 0 Å². The van der Waals surface area contributed by atoms with Crippen molar-refractivity contribution in [1.82, 2.24) is 8.87 Å². The van der Waals surface area contributed by atoms with Crippen molar-refractivity contribution in [2.45, 2.75) is 16.7 Å². The zero-order valence-electron chi connectivity index (χ0n) is 16.3. The van der Waals surface area contributed by atoms with Crippen LogP contribution in [0.15, 0.2) is 50.5 Å². The predicted octanol–water partition coefficient (Wildman–Crippen LogP) is 1.42. The second-order valence-corrected chi connectivity index (χ2v) is 9.53. The van der Waals surface area contributed by atoms with Gasteiger partial charge < -0.3 is 14.5 Å². The molecule has 30 heavy (non-hydrogen) atoms. The van der Waals surface area contributed by atoms with Crippen LogP contribution in [0, 0.1) is 0 Å². The maximum absolute atomic E-state index is 13.3. The molecule has 1 atom stereocenters. The Kier molecular flexibility index (Phi) is 3.90. The minimum Gasteiger partial charge on any atom is -0.497 e. The predicted molar refractivity (Wildman–Crippen MR) is 108 cm³/mol. The Labute approximate surface area is 171 Å². The van der Waals surface area contributed by atoms with Crippen molar-refractivity contribution >= 4 is 32.7 Å². The first-order valence-electron chi connectivity index (χ1n) is 9.36. The summed E-state index contributed by atoms with van der Waals surface area (Å²) in [6.45, 7) is 0.223. The molecule has 2 aromatic carbocycles. The summed E-state index contributed by atoms with van der Waals surface area (Å²) in [5.74, 6) is -0.170. The van der Waals surface area contributed by atoms with E-state index in [2.05, 4.69) is 5.32 Å². The summed E-state index contributed by atoms with van der Waals surface area (Å²) in [5.41, 5.74) is 1.17. The SMILES string of the molecule is COc1ccc2c(c1)[C@@]1(CCN(S(=O)(=O)c3ccc4c(c3)oc(=O)n4C)C1)C(=O)N2. The minimum absolute atomic E-state index is 0.0191. The van der Waals surface area contributed by atoms with Crippen LogP contribution in [-0.4, -0.2) is 43.4 Å². The number of aryl methyl sites for hydroxylation is 1. The number of rotatable bonds is 3. The van der Waals surface area contributed by atoms with Gasteiger partial charge in [0.05, 0.1) is 22.9 Å². The van der Waals surface area contributed by atoms with E-state index in [-0.39, 0.29) is 29.5 Å². The van der Waals surface area contributed by atoms with Crippen LogP contribution in [0.25, 0.3) is 11.1 Å². The van der Waals surface area contributed by atoms with E-state index in [1.807, 2.05) is 0 Å². The number of hydrogen-bond acceptors (Lipinski definition) is 6. The molecule has 9 nitrogen and oxygen atoms in total. The number of nitrogens with zero attached hydrogens (tertiary/aromatic N) is 2. The van der Waals surface area contributed by atoms with E-state index >= 15 is 0 Å². The number of fused-ring (bicyclic) bond motifs is 3. The fourth-order valence-corrected chi connectivity index (χ4v) is 5.84. The number of carbonyl (C=O) groups is 1. The smallest absolute Gasteiger partial charge is 0.419 e. The van der Waals surface area contributed by atoms with Gasteiger partial charge >= 0.3 is 5.76 Å². The van der Waals surface area contributed by atoms with E-state index in [0.717, 1.165) is 5.56 Å². The maximum atomic E-state index is 13.3. The normalized spacial score (nSPS) is 21.3. The summed E-state index contributed by atoms with van der Waals surface area (Å²) >= 11 is 0. The van der Waals surface area contributed by atoms with E-state index in [0.29, 0.717) is 23.4 Å². The largest absolute Gasteiger partial charge is 0.497 e. The molecule has 3 heterocycles. The van der Waals surface area contributed by atoms with Gasteiger partial charge in [0.15, 0.2) is 5.58 Å². The Morgan fingerprint density at radius 2 is 1.97 bits per heavy atom. The van der Waals surface area contributed by atoms with Crippen LogP contribution >= 0.6 is 0 Å². The molecule has 0 radical (unpaired) electrons. The molecule has 5 rings (SSSR count). The summed E-state index contributed by atoms with van der Waals surface area (Å²) in [6, 6.07) is 9.65. The Morgan fingerprint density at radius 1 is 1.17 bits per heavy atom. The summed E-state index contributed by atoms with van der Waals surface area (Å²) in [5, 5.41) is 2.86. The minimum atomic E-state index is -3.89. The average Bonchev–Trinajstić information content (AvgIpc) is 3.39. The number of nitrogens with one attached hydrogen (secondary N) is 1. The Bertz CT molecular complexity index is 1370. The van der Waals surface area contributed by atoms with Crippen molar-refractivity contribution in [3.63, 3.8) is 0 Å². The maximum Gasteiger partial charge on any atom is 0.419 e. The second-order valence-electron chi connectivity index (χ2n) is 7.59. The second kappa shape index (κ2) is 6.19. The first kappa shape index (κ1) is 18.9. The number of amides is 1. The number of sulfonamides is 1. The molecule has 1 N–H and O–H groups in total. The van der Waals surface area contributed by atoms with Gasteiger partial charge in [0, 0.05) is 31.9 Å². The van der Waals surface area contributed by atoms with Crippen LogP contribution in [-0.2, 0) is 27.3 Å². The summed E-state index contributed by atoms with van der Waals surface area (Å²) in [4.78, 5) is 24.6. The van der Waals surface area contributed by atoms with Crippen LogP contribution < -0.4 is 15.8 Å². The lowest BCUT2D eigenvalue weighted by atomic mass is 9.81. The first-order valence-corrected chi connectivity index (χ1v) is 10.8. The lowest BCUT2D eigenvalue weighted by Gasteiger charge is -2.22. The summed E-state index contributed by atoms with van der Waals surface area (Å²) < 4.78 is 39.6. The first-order chi connectivity index (χ1) is 14.3. The van der Waals surface area contributed by atoms with Crippen LogP contribution in [0.5, 0.6) is 5.75 Å². The molecule has 1 saturated heterocycles. The molecule has 0 unspecified atom stereocenters. The molecule has 2 aliphatic rings. The van der Waals surface area contributed by atoms with Crippen molar-refractivity contribution in [2.75, 3.05) is 25.5 Å². The van der Waals surface area contributed by atoms with Gasteiger partial charge in [-0.05, 0) is 42.3 Å². The van der Waals surface area contributed by atoms with Gasteiger partial charge in [-0.2, -0.15) is 4.31 Å². The van der Waals surface area contributed by atoms with E-state index in [9.17, 15) is 18.0 Å². The average molecular weight is 429 g/mol. The van der Waals surface area contributed by atoms with E-state index in [4.69, 9.17) is 9.15 Å². The highest BCUT2D eigenvalue weighted by molar-refractivity contribution is 7.89. The molecule has 1 spiro atoms. The van der Waals surface area contributed by atoms with Crippen molar-refractivity contribution in [3.8, 4) is 5.75 Å². The van der Waals surface area contributed by atoms with Crippen molar-refractivity contribution in [3.05, 3.63) is 52.5 Å². The number of aromatic nitrogens is 1. The highest BCUT2D eigenvalue weighted by atomic mass is 32.2. The summed E-state index contributed by atoms with van der Waals surface area (Å²) in [7, 11) is -0.792. The molecule has 1 aromatic heterocycles. The topological polar surface area (TPSA) is 111 Å². The Morgan fingerprint density at radius 3 is 2.73 bits per heavy atom. The highest BCUT2D eigenvalue weighted by Gasteiger charge is 2.53. The quantitative estimate of drug-likeness (QED) is 0.674. The third-order valence-corrected chi connectivity index (χ3v) is 7.90. The van der Waals surface area contributed by atoms with Crippen LogP contribution in [0.1, 0.15) is 12.0 Å². The Hall–Kier alpha value is -3.11. The number of benzene rings is 2. The van der Waals surface area contributed by atoms with Crippen LogP contribution in [0.2, 0.25) is 0 Å². The zero-order chi connectivity index (χ0) is 21.3. The summed E-state index contributed by atoms with van der Waals surface area (Å²) in [6.07, 6.45) is 0.362. The van der Waals surface area contributed by atoms with Gasteiger partial charge in [-0.15, -0.1) is 0 Å². The monoisotopic (exact) mass is 429 g/mol. The van der Waals surface area contributed by atoms with Crippen LogP contribution in [0.3, 0.4) is 0 Å². The van der Waals surface area contributed by atoms with Gasteiger partial charge in [0.1, 0.15) is 5.75 Å². The van der Waals surface area contributed by atoms with Gasteiger partial charge in [0.2, 0.25) is 15.9 Å². The van der Waals surface area contributed by atoms with Crippen molar-refractivity contribution < 1.29 is 22.4 Å². The molecule has 3 aromatic rings. The molecule has 10 heteroatoms.